The summed E-state index contributed by atoms with van der Waals surface area (Å²) in [5.41, 5.74) is 0. The molecule has 0 aromatic heterocycles. The fourth-order valence-corrected chi connectivity index (χ4v) is 2.70. The molecule has 0 saturated carbocycles. The van der Waals surface area contributed by atoms with Crippen LogP contribution in [0.1, 0.15) is 26.2 Å². The van der Waals surface area contributed by atoms with Gasteiger partial charge < -0.3 is 20.9 Å². The molecule has 2 aliphatic heterocycles. The number of rotatable bonds is 8. The van der Waals surface area contributed by atoms with E-state index in [2.05, 4.69) is 20.9 Å². The van der Waals surface area contributed by atoms with Crippen LogP contribution in [-0.2, 0) is 9.59 Å². The highest BCUT2D eigenvalue weighted by molar-refractivity contribution is 14.0. The molecule has 0 aromatic rings. The second-order valence-corrected chi connectivity index (χ2v) is 5.73. The van der Waals surface area contributed by atoms with Gasteiger partial charge in [0, 0.05) is 45.7 Å². The lowest BCUT2D eigenvalue weighted by Crippen LogP contribution is -2.43. The predicted molar refractivity (Wildman–Crippen MR) is 105 cm³/mol. The van der Waals surface area contributed by atoms with Crippen molar-refractivity contribution in [1.82, 2.24) is 25.8 Å². The van der Waals surface area contributed by atoms with Gasteiger partial charge in [0.2, 0.25) is 11.8 Å². The molecule has 0 spiro atoms. The molecule has 9 nitrogen and oxygen atoms in total. The Morgan fingerprint density at radius 1 is 1.20 bits per heavy atom. The van der Waals surface area contributed by atoms with Gasteiger partial charge in [-0.3, -0.25) is 19.5 Å². The maximum atomic E-state index is 11.5. The number of likely N-dealkylation sites (tertiary alicyclic amines) is 1. The van der Waals surface area contributed by atoms with Crippen LogP contribution in [0.25, 0.3) is 0 Å². The minimum absolute atomic E-state index is 0. The number of halogens is 1. The molecule has 0 aliphatic carbocycles. The molecular weight excluding hydrogens is 439 g/mol. The van der Waals surface area contributed by atoms with Crippen LogP contribution in [0.4, 0.5) is 4.79 Å². The molecule has 3 N–H and O–H groups in total. The number of carbonyl (C=O) groups excluding carboxylic acids is 3. The molecule has 0 radical (unpaired) electrons. The van der Waals surface area contributed by atoms with Crippen LogP contribution >= 0.6 is 24.0 Å². The average molecular weight is 466 g/mol. The molecule has 2 rings (SSSR count). The molecular formula is C15H27IN6O3. The van der Waals surface area contributed by atoms with Crippen molar-refractivity contribution >= 4 is 47.8 Å². The van der Waals surface area contributed by atoms with E-state index in [-0.39, 0.29) is 48.4 Å². The molecule has 2 aliphatic rings. The van der Waals surface area contributed by atoms with Crippen LogP contribution in [0, 0.1) is 0 Å². The van der Waals surface area contributed by atoms with Crippen molar-refractivity contribution in [3.63, 3.8) is 0 Å². The van der Waals surface area contributed by atoms with Crippen LogP contribution in [0.5, 0.6) is 0 Å². The Bertz CT molecular complexity index is 497. The van der Waals surface area contributed by atoms with E-state index in [1.807, 2.05) is 11.8 Å². The Morgan fingerprint density at radius 3 is 2.60 bits per heavy atom. The van der Waals surface area contributed by atoms with Gasteiger partial charge in [0.05, 0.1) is 6.54 Å². The van der Waals surface area contributed by atoms with Crippen molar-refractivity contribution in [2.45, 2.75) is 26.2 Å². The van der Waals surface area contributed by atoms with E-state index in [1.165, 1.54) is 4.90 Å². The third-order valence-corrected chi connectivity index (χ3v) is 3.94. The van der Waals surface area contributed by atoms with Crippen molar-refractivity contribution in [2.24, 2.45) is 4.99 Å². The number of aliphatic imine (C=N–C) groups is 1. The fraction of sp³-hybridized carbons (Fsp3) is 0.733. The molecule has 25 heavy (non-hydrogen) atoms. The van der Waals surface area contributed by atoms with Gasteiger partial charge >= 0.3 is 6.03 Å². The summed E-state index contributed by atoms with van der Waals surface area (Å²) in [5.74, 6) is 0.675. The third kappa shape index (κ3) is 6.67. The third-order valence-electron chi connectivity index (χ3n) is 3.94. The van der Waals surface area contributed by atoms with Crippen molar-refractivity contribution in [3.8, 4) is 0 Å². The molecule has 4 amide bonds. The zero-order valence-corrected chi connectivity index (χ0v) is 16.9. The summed E-state index contributed by atoms with van der Waals surface area (Å²) in [4.78, 5) is 42.0. The molecule has 2 fully saturated rings. The number of amides is 4. The first-order valence-electron chi connectivity index (χ1n) is 8.50. The molecule has 0 aromatic carbocycles. The normalized spacial score (nSPS) is 17.6. The summed E-state index contributed by atoms with van der Waals surface area (Å²) in [6.45, 7) is 5.71. The number of guanidine groups is 1. The molecule has 2 heterocycles. The molecule has 0 atom stereocenters. The van der Waals surface area contributed by atoms with Gasteiger partial charge in [-0.2, -0.15) is 0 Å². The SMILES string of the molecule is CCNC(=NCCCN1CCCC1=O)NCCN1C(=O)CNC1=O.I. The topological polar surface area (TPSA) is 106 Å². The number of hydrogen-bond acceptors (Lipinski definition) is 4. The number of nitrogens with one attached hydrogen (secondary N) is 3. The van der Waals surface area contributed by atoms with E-state index in [1.54, 1.807) is 0 Å². The Balaban J connectivity index is 0.00000312. The highest BCUT2D eigenvalue weighted by atomic mass is 127. The average Bonchev–Trinajstić information content (AvgIpc) is 3.11. The van der Waals surface area contributed by atoms with Gasteiger partial charge in [-0.15, -0.1) is 24.0 Å². The second-order valence-electron chi connectivity index (χ2n) is 5.73. The Labute approximate surface area is 165 Å². The Hall–Kier alpha value is -1.59. The number of imide groups is 1. The fourth-order valence-electron chi connectivity index (χ4n) is 2.70. The maximum absolute atomic E-state index is 11.5. The van der Waals surface area contributed by atoms with Crippen LogP contribution in [0.15, 0.2) is 4.99 Å². The highest BCUT2D eigenvalue weighted by Gasteiger charge is 2.27. The van der Waals surface area contributed by atoms with Crippen molar-refractivity contribution in [1.29, 1.82) is 0 Å². The zero-order chi connectivity index (χ0) is 17.4. The van der Waals surface area contributed by atoms with E-state index in [9.17, 15) is 14.4 Å². The number of carbonyl (C=O) groups is 3. The quantitative estimate of drug-likeness (QED) is 0.150. The molecule has 0 unspecified atom stereocenters. The molecule has 2 saturated heterocycles. The van der Waals surface area contributed by atoms with Crippen LogP contribution in [0.3, 0.4) is 0 Å². The first-order valence-corrected chi connectivity index (χ1v) is 8.50. The molecule has 0 bridgehead atoms. The van der Waals surface area contributed by atoms with Crippen LogP contribution < -0.4 is 16.0 Å². The zero-order valence-electron chi connectivity index (χ0n) is 14.5. The smallest absolute Gasteiger partial charge is 0.324 e. The second kappa shape index (κ2) is 11.1. The Morgan fingerprint density at radius 2 is 2.00 bits per heavy atom. The van der Waals surface area contributed by atoms with Crippen molar-refractivity contribution < 1.29 is 14.4 Å². The lowest BCUT2D eigenvalue weighted by molar-refractivity contribution is -0.127. The van der Waals surface area contributed by atoms with Gasteiger partial charge in [0.1, 0.15) is 0 Å². The monoisotopic (exact) mass is 466 g/mol. The number of urea groups is 1. The van der Waals surface area contributed by atoms with Crippen molar-refractivity contribution in [2.75, 3.05) is 45.8 Å². The van der Waals surface area contributed by atoms with E-state index in [0.717, 1.165) is 32.5 Å². The van der Waals surface area contributed by atoms with Crippen LogP contribution in [0.2, 0.25) is 0 Å². The van der Waals surface area contributed by atoms with Gasteiger partial charge in [-0.05, 0) is 19.8 Å². The minimum atomic E-state index is -0.348. The first kappa shape index (κ1) is 21.5. The number of nitrogens with zero attached hydrogens (tertiary/aromatic N) is 3. The largest absolute Gasteiger partial charge is 0.357 e. The summed E-state index contributed by atoms with van der Waals surface area (Å²) >= 11 is 0. The summed E-state index contributed by atoms with van der Waals surface area (Å²) in [5, 5.41) is 8.72. The lowest BCUT2D eigenvalue weighted by Gasteiger charge is -2.16. The van der Waals surface area contributed by atoms with Gasteiger partial charge in [-0.1, -0.05) is 0 Å². The van der Waals surface area contributed by atoms with Crippen molar-refractivity contribution in [3.05, 3.63) is 0 Å². The van der Waals surface area contributed by atoms with Gasteiger partial charge in [-0.25, -0.2) is 4.79 Å². The maximum Gasteiger partial charge on any atom is 0.324 e. The lowest BCUT2D eigenvalue weighted by atomic mass is 10.4. The van der Waals surface area contributed by atoms with E-state index < -0.39 is 0 Å². The molecule has 142 valence electrons. The predicted octanol–water partition coefficient (Wildman–Crippen LogP) is -0.276. The van der Waals surface area contributed by atoms with Crippen LogP contribution in [-0.4, -0.2) is 79.4 Å². The summed E-state index contributed by atoms with van der Waals surface area (Å²) < 4.78 is 0. The van der Waals surface area contributed by atoms with Gasteiger partial charge in [0.15, 0.2) is 5.96 Å². The van der Waals surface area contributed by atoms with E-state index in [4.69, 9.17) is 0 Å². The Kier molecular flexibility index (Phi) is 9.53. The van der Waals surface area contributed by atoms with Gasteiger partial charge in [0.25, 0.3) is 0 Å². The standard InChI is InChI=1S/C15H26N6O3.HI/c1-2-16-14(17-6-4-9-20-8-3-5-12(20)22)18-7-10-21-13(23)11-19-15(21)24;/h2-11H2,1H3,(H,19,24)(H2,16,17,18);1H. The molecule has 10 heteroatoms. The highest BCUT2D eigenvalue weighted by Crippen LogP contribution is 2.09. The minimum Gasteiger partial charge on any atom is -0.357 e. The first-order chi connectivity index (χ1) is 11.6. The number of hydrogen-bond donors (Lipinski definition) is 3. The van der Waals surface area contributed by atoms with E-state index in [0.29, 0.717) is 32.0 Å². The summed E-state index contributed by atoms with van der Waals surface area (Å²) in [6.07, 6.45) is 2.43. The summed E-state index contributed by atoms with van der Waals surface area (Å²) in [6, 6.07) is -0.348. The summed E-state index contributed by atoms with van der Waals surface area (Å²) in [7, 11) is 0. The van der Waals surface area contributed by atoms with E-state index >= 15 is 0 Å².